The van der Waals surface area contributed by atoms with Crippen molar-refractivity contribution >= 4 is 29.3 Å². The molecule has 104 valence electrons. The molecule has 0 heterocycles. The number of carboxylic acid groups (broad SMARTS) is 1. The molecule has 0 amide bonds. The highest BCUT2D eigenvalue weighted by molar-refractivity contribution is 6.32. The van der Waals surface area contributed by atoms with E-state index in [0.717, 1.165) is 24.9 Å². The van der Waals surface area contributed by atoms with E-state index in [0.29, 0.717) is 17.2 Å². The maximum Gasteiger partial charge on any atom is 0.328 e. The van der Waals surface area contributed by atoms with Crippen LogP contribution in [0.25, 0.3) is 6.08 Å². The van der Waals surface area contributed by atoms with E-state index in [-0.39, 0.29) is 0 Å². The molecule has 0 atom stereocenters. The fourth-order valence-corrected chi connectivity index (χ4v) is 2.00. The number of halogens is 1. The van der Waals surface area contributed by atoms with Crippen LogP contribution in [0.3, 0.4) is 0 Å². The molecule has 0 unspecified atom stereocenters. The average Bonchev–Trinajstić information content (AvgIpc) is 2.38. The van der Waals surface area contributed by atoms with Gasteiger partial charge in [-0.3, -0.25) is 0 Å². The molecular weight excluding hydrogens is 266 g/mol. The van der Waals surface area contributed by atoms with Gasteiger partial charge in [-0.2, -0.15) is 0 Å². The fraction of sp³-hybridized carbons (Fsp3) is 0.357. The van der Waals surface area contributed by atoms with Crippen LogP contribution in [0.2, 0.25) is 5.02 Å². The quantitative estimate of drug-likeness (QED) is 0.782. The van der Waals surface area contributed by atoms with E-state index in [9.17, 15) is 4.79 Å². The first-order valence-electron chi connectivity index (χ1n) is 6.03. The van der Waals surface area contributed by atoms with Gasteiger partial charge >= 0.3 is 5.97 Å². The SMILES string of the molecule is CCN(CCOC)c1cccc(Cl)c1/C=C/C(=O)O. The lowest BCUT2D eigenvalue weighted by Crippen LogP contribution is -2.27. The van der Waals surface area contributed by atoms with Crippen molar-refractivity contribution in [2.45, 2.75) is 6.92 Å². The number of benzene rings is 1. The predicted molar refractivity (Wildman–Crippen MR) is 77.9 cm³/mol. The third-order valence-electron chi connectivity index (χ3n) is 2.71. The number of hydrogen-bond donors (Lipinski definition) is 1. The molecule has 19 heavy (non-hydrogen) atoms. The minimum Gasteiger partial charge on any atom is -0.478 e. The Balaban J connectivity index is 3.10. The molecule has 0 aromatic heterocycles. The Morgan fingerprint density at radius 2 is 2.26 bits per heavy atom. The first kappa shape index (κ1) is 15.5. The minimum atomic E-state index is -0.995. The second-order valence-electron chi connectivity index (χ2n) is 3.92. The van der Waals surface area contributed by atoms with Gasteiger partial charge in [0.15, 0.2) is 0 Å². The first-order valence-corrected chi connectivity index (χ1v) is 6.41. The van der Waals surface area contributed by atoms with E-state index in [2.05, 4.69) is 4.90 Å². The van der Waals surface area contributed by atoms with Crippen molar-refractivity contribution in [3.05, 3.63) is 34.9 Å². The van der Waals surface area contributed by atoms with E-state index in [1.165, 1.54) is 6.08 Å². The topological polar surface area (TPSA) is 49.8 Å². The summed E-state index contributed by atoms with van der Waals surface area (Å²) in [7, 11) is 1.65. The van der Waals surface area contributed by atoms with Gasteiger partial charge in [-0.25, -0.2) is 4.79 Å². The lowest BCUT2D eigenvalue weighted by atomic mass is 10.1. The molecule has 1 aromatic carbocycles. The van der Waals surface area contributed by atoms with Gasteiger partial charge in [0.25, 0.3) is 0 Å². The summed E-state index contributed by atoms with van der Waals surface area (Å²) < 4.78 is 5.08. The molecule has 0 aliphatic heterocycles. The summed E-state index contributed by atoms with van der Waals surface area (Å²) in [5.41, 5.74) is 1.62. The van der Waals surface area contributed by atoms with Crippen LogP contribution in [0.1, 0.15) is 12.5 Å². The highest BCUT2D eigenvalue weighted by Crippen LogP contribution is 2.28. The molecule has 1 N–H and O–H groups in total. The normalized spacial score (nSPS) is 10.9. The van der Waals surface area contributed by atoms with Crippen LogP contribution in [-0.4, -0.2) is 37.9 Å². The molecule has 0 spiro atoms. The summed E-state index contributed by atoms with van der Waals surface area (Å²) in [4.78, 5) is 12.7. The van der Waals surface area contributed by atoms with E-state index in [1.807, 2.05) is 19.1 Å². The van der Waals surface area contributed by atoms with Gasteiger partial charge < -0.3 is 14.7 Å². The van der Waals surface area contributed by atoms with Crippen molar-refractivity contribution < 1.29 is 14.6 Å². The van der Waals surface area contributed by atoms with Gasteiger partial charge in [0.05, 0.1) is 6.61 Å². The molecule has 0 saturated heterocycles. The van der Waals surface area contributed by atoms with Crippen molar-refractivity contribution in [2.75, 3.05) is 31.7 Å². The Bertz CT molecular complexity index is 460. The van der Waals surface area contributed by atoms with Crippen LogP contribution < -0.4 is 4.90 Å². The van der Waals surface area contributed by atoms with E-state index in [1.54, 1.807) is 13.2 Å². The van der Waals surface area contributed by atoms with Crippen molar-refractivity contribution in [2.24, 2.45) is 0 Å². The number of methoxy groups -OCH3 is 1. The predicted octanol–water partition coefficient (Wildman–Crippen LogP) is 2.91. The number of carboxylic acids is 1. The second kappa shape index (κ2) is 7.81. The lowest BCUT2D eigenvalue weighted by molar-refractivity contribution is -0.131. The number of anilines is 1. The number of likely N-dealkylation sites (N-methyl/N-ethyl adjacent to an activating group) is 1. The Kier molecular flexibility index (Phi) is 6.39. The monoisotopic (exact) mass is 283 g/mol. The van der Waals surface area contributed by atoms with Crippen molar-refractivity contribution in [1.29, 1.82) is 0 Å². The van der Waals surface area contributed by atoms with Crippen LogP contribution in [0.15, 0.2) is 24.3 Å². The van der Waals surface area contributed by atoms with E-state index < -0.39 is 5.97 Å². The third-order valence-corrected chi connectivity index (χ3v) is 3.04. The van der Waals surface area contributed by atoms with Gasteiger partial charge in [0, 0.05) is 42.5 Å². The van der Waals surface area contributed by atoms with Crippen LogP contribution >= 0.6 is 11.6 Å². The smallest absolute Gasteiger partial charge is 0.328 e. The molecule has 0 fully saturated rings. The standard InChI is InChI=1S/C14H18ClNO3/c1-3-16(9-10-19-2)13-6-4-5-12(15)11(13)7-8-14(17)18/h4-8H,3,9-10H2,1-2H3,(H,17,18)/b8-7+. The molecule has 0 saturated carbocycles. The van der Waals surface area contributed by atoms with Gasteiger partial charge in [0.2, 0.25) is 0 Å². The Labute approximate surface area is 118 Å². The number of carbonyl (C=O) groups is 1. The van der Waals surface area contributed by atoms with E-state index >= 15 is 0 Å². The zero-order valence-corrected chi connectivity index (χ0v) is 11.9. The Morgan fingerprint density at radius 3 is 2.84 bits per heavy atom. The van der Waals surface area contributed by atoms with Crippen LogP contribution in [-0.2, 0) is 9.53 Å². The molecular formula is C14H18ClNO3. The summed E-state index contributed by atoms with van der Waals surface area (Å²) >= 11 is 6.15. The number of ether oxygens (including phenoxy) is 1. The van der Waals surface area contributed by atoms with Gasteiger partial charge in [0.1, 0.15) is 0 Å². The van der Waals surface area contributed by atoms with E-state index in [4.69, 9.17) is 21.4 Å². The maximum atomic E-state index is 10.6. The summed E-state index contributed by atoms with van der Waals surface area (Å²) in [6.07, 6.45) is 2.62. The van der Waals surface area contributed by atoms with Crippen LogP contribution in [0, 0.1) is 0 Å². The largest absolute Gasteiger partial charge is 0.478 e. The molecule has 1 rings (SSSR count). The summed E-state index contributed by atoms with van der Waals surface area (Å²) in [5, 5.41) is 9.26. The minimum absolute atomic E-state index is 0.533. The highest BCUT2D eigenvalue weighted by atomic mass is 35.5. The highest BCUT2D eigenvalue weighted by Gasteiger charge is 2.10. The summed E-state index contributed by atoms with van der Waals surface area (Å²) in [5.74, 6) is -0.995. The maximum absolute atomic E-state index is 10.6. The molecule has 5 heteroatoms. The Hall–Kier alpha value is -1.52. The van der Waals surface area contributed by atoms with Crippen molar-refractivity contribution in [3.63, 3.8) is 0 Å². The lowest BCUT2D eigenvalue weighted by Gasteiger charge is -2.25. The van der Waals surface area contributed by atoms with Crippen molar-refractivity contribution in [1.82, 2.24) is 0 Å². The average molecular weight is 284 g/mol. The molecule has 1 aromatic rings. The fourth-order valence-electron chi connectivity index (χ4n) is 1.77. The molecule has 0 aliphatic carbocycles. The van der Waals surface area contributed by atoms with Gasteiger partial charge in [-0.05, 0) is 25.1 Å². The van der Waals surface area contributed by atoms with Crippen LogP contribution in [0.5, 0.6) is 0 Å². The van der Waals surface area contributed by atoms with Gasteiger partial charge in [-0.15, -0.1) is 0 Å². The number of aliphatic carboxylic acids is 1. The molecule has 0 bridgehead atoms. The number of rotatable bonds is 7. The van der Waals surface area contributed by atoms with Gasteiger partial charge in [-0.1, -0.05) is 17.7 Å². The molecule has 0 aliphatic rings. The zero-order valence-electron chi connectivity index (χ0n) is 11.1. The number of hydrogen-bond acceptors (Lipinski definition) is 3. The van der Waals surface area contributed by atoms with Crippen LogP contribution in [0.4, 0.5) is 5.69 Å². The summed E-state index contributed by atoms with van der Waals surface area (Å²) in [6, 6.07) is 5.52. The number of nitrogens with zero attached hydrogens (tertiary/aromatic N) is 1. The first-order chi connectivity index (χ1) is 9.10. The zero-order chi connectivity index (χ0) is 14.3. The third kappa shape index (κ3) is 4.58. The van der Waals surface area contributed by atoms with Crippen molar-refractivity contribution in [3.8, 4) is 0 Å². The second-order valence-corrected chi connectivity index (χ2v) is 4.32. The molecule has 4 nitrogen and oxygen atoms in total. The summed E-state index contributed by atoms with van der Waals surface area (Å²) in [6.45, 7) is 4.14. The Morgan fingerprint density at radius 1 is 1.53 bits per heavy atom. The molecule has 0 radical (unpaired) electrons.